The minimum absolute atomic E-state index is 0.202. The van der Waals surface area contributed by atoms with Crippen LogP contribution >= 0.6 is 11.6 Å². The highest BCUT2D eigenvalue weighted by molar-refractivity contribution is 6.31. The van der Waals surface area contributed by atoms with E-state index in [4.69, 9.17) is 22.4 Å². The molecule has 1 aromatic carbocycles. The summed E-state index contributed by atoms with van der Waals surface area (Å²) in [6, 6.07) is 5.09. The number of carboxylic acid groups (broad SMARTS) is 1. The Hall–Kier alpha value is -1.75. The molecule has 0 aliphatic carbocycles. The molecule has 1 aliphatic heterocycles. The van der Waals surface area contributed by atoms with Crippen LogP contribution in [0, 0.1) is 5.92 Å². The minimum atomic E-state index is -0.757. The quantitative estimate of drug-likeness (QED) is 0.891. The lowest BCUT2D eigenvalue weighted by Gasteiger charge is -2.34. The molecule has 1 aromatic rings. The van der Waals surface area contributed by atoms with Crippen molar-refractivity contribution >= 4 is 29.2 Å². The number of carbonyl (C=O) groups is 2. The zero-order valence-electron chi connectivity index (χ0n) is 11.0. The highest BCUT2D eigenvalue weighted by Gasteiger charge is 2.23. The zero-order chi connectivity index (χ0) is 14.7. The van der Waals surface area contributed by atoms with Crippen molar-refractivity contribution < 1.29 is 14.7 Å². The molecular formula is C14H17ClN2O3. The number of primary amides is 1. The van der Waals surface area contributed by atoms with Gasteiger partial charge in [-0.05, 0) is 37.0 Å². The van der Waals surface area contributed by atoms with Gasteiger partial charge in [-0.15, -0.1) is 0 Å². The van der Waals surface area contributed by atoms with E-state index in [1.807, 2.05) is 0 Å². The molecule has 5 nitrogen and oxygen atoms in total. The average molecular weight is 297 g/mol. The maximum Gasteiger partial charge on any atom is 0.303 e. The number of hydrogen-bond donors (Lipinski definition) is 2. The molecule has 2 rings (SSSR count). The van der Waals surface area contributed by atoms with Crippen LogP contribution in [-0.4, -0.2) is 30.1 Å². The normalized spacial score (nSPS) is 16.1. The third kappa shape index (κ3) is 3.42. The van der Waals surface area contributed by atoms with Crippen LogP contribution in [0.4, 0.5) is 5.69 Å². The Kier molecular flexibility index (Phi) is 4.49. The lowest BCUT2D eigenvalue weighted by molar-refractivity contribution is -0.138. The van der Waals surface area contributed by atoms with E-state index in [-0.39, 0.29) is 12.3 Å². The van der Waals surface area contributed by atoms with Crippen molar-refractivity contribution in [2.45, 2.75) is 19.3 Å². The van der Waals surface area contributed by atoms with Crippen molar-refractivity contribution in [3.8, 4) is 0 Å². The molecule has 1 amide bonds. The first kappa shape index (κ1) is 14.7. The maximum absolute atomic E-state index is 11.5. The van der Waals surface area contributed by atoms with E-state index in [0.717, 1.165) is 31.6 Å². The monoisotopic (exact) mass is 296 g/mol. The summed E-state index contributed by atoms with van der Waals surface area (Å²) in [4.78, 5) is 24.3. The highest BCUT2D eigenvalue weighted by Crippen LogP contribution is 2.29. The SMILES string of the molecule is NC(=O)c1cc(Cl)ccc1N1CCC(CC(=O)O)CC1. The van der Waals surface area contributed by atoms with Crippen LogP contribution in [0.5, 0.6) is 0 Å². The first-order valence-corrected chi connectivity index (χ1v) is 6.91. The van der Waals surface area contributed by atoms with Gasteiger partial charge in [0.2, 0.25) is 0 Å². The molecule has 0 saturated carbocycles. The molecule has 20 heavy (non-hydrogen) atoms. The number of carboxylic acids is 1. The van der Waals surface area contributed by atoms with Crippen LogP contribution in [0.25, 0.3) is 0 Å². The topological polar surface area (TPSA) is 83.6 Å². The summed E-state index contributed by atoms with van der Waals surface area (Å²) in [6.07, 6.45) is 1.80. The van der Waals surface area contributed by atoms with E-state index in [9.17, 15) is 9.59 Å². The molecular weight excluding hydrogens is 280 g/mol. The fourth-order valence-corrected chi connectivity index (χ4v) is 2.78. The number of amides is 1. The van der Waals surface area contributed by atoms with E-state index < -0.39 is 11.9 Å². The number of carbonyl (C=O) groups excluding carboxylic acids is 1. The van der Waals surface area contributed by atoms with Gasteiger partial charge in [0.1, 0.15) is 0 Å². The smallest absolute Gasteiger partial charge is 0.303 e. The van der Waals surface area contributed by atoms with Crippen molar-refractivity contribution in [2.24, 2.45) is 11.7 Å². The summed E-state index contributed by atoms with van der Waals surface area (Å²) in [5, 5.41) is 9.28. The summed E-state index contributed by atoms with van der Waals surface area (Å²) >= 11 is 5.89. The number of rotatable bonds is 4. The predicted molar refractivity (Wildman–Crippen MR) is 77.2 cm³/mol. The summed E-state index contributed by atoms with van der Waals surface area (Å²) in [5.74, 6) is -1.06. The molecule has 0 radical (unpaired) electrons. The molecule has 108 valence electrons. The van der Waals surface area contributed by atoms with Gasteiger partial charge < -0.3 is 15.7 Å². The van der Waals surface area contributed by atoms with E-state index in [1.165, 1.54) is 0 Å². The maximum atomic E-state index is 11.5. The number of aliphatic carboxylic acids is 1. The minimum Gasteiger partial charge on any atom is -0.481 e. The summed E-state index contributed by atoms with van der Waals surface area (Å²) in [6.45, 7) is 1.44. The van der Waals surface area contributed by atoms with Gasteiger partial charge in [0.15, 0.2) is 0 Å². The Bertz CT molecular complexity index is 525. The molecule has 0 atom stereocenters. The van der Waals surface area contributed by atoms with Crippen molar-refractivity contribution in [1.82, 2.24) is 0 Å². The molecule has 0 aromatic heterocycles. The fraction of sp³-hybridized carbons (Fsp3) is 0.429. The second kappa shape index (κ2) is 6.13. The largest absolute Gasteiger partial charge is 0.481 e. The number of hydrogen-bond acceptors (Lipinski definition) is 3. The van der Waals surface area contributed by atoms with Gasteiger partial charge in [-0.3, -0.25) is 9.59 Å². The lowest BCUT2D eigenvalue weighted by atomic mass is 9.93. The predicted octanol–water partition coefficient (Wildman–Crippen LogP) is 2.13. The highest BCUT2D eigenvalue weighted by atomic mass is 35.5. The first-order chi connectivity index (χ1) is 9.47. The van der Waals surface area contributed by atoms with Gasteiger partial charge in [0, 0.05) is 30.2 Å². The van der Waals surface area contributed by atoms with Crippen molar-refractivity contribution in [3.05, 3.63) is 28.8 Å². The number of anilines is 1. The molecule has 3 N–H and O–H groups in total. The second-order valence-electron chi connectivity index (χ2n) is 5.05. The Balaban J connectivity index is 2.11. The van der Waals surface area contributed by atoms with Crippen LogP contribution in [0.3, 0.4) is 0 Å². The van der Waals surface area contributed by atoms with Gasteiger partial charge in [-0.25, -0.2) is 0 Å². The van der Waals surface area contributed by atoms with Crippen molar-refractivity contribution in [2.75, 3.05) is 18.0 Å². The molecule has 1 heterocycles. The van der Waals surface area contributed by atoms with Crippen LogP contribution in [0.2, 0.25) is 5.02 Å². The average Bonchev–Trinajstić information content (AvgIpc) is 2.39. The van der Waals surface area contributed by atoms with E-state index in [0.29, 0.717) is 10.6 Å². The zero-order valence-corrected chi connectivity index (χ0v) is 11.8. The number of benzene rings is 1. The summed E-state index contributed by atoms with van der Waals surface area (Å²) in [5.41, 5.74) is 6.57. The lowest BCUT2D eigenvalue weighted by Crippen LogP contribution is -2.35. The van der Waals surface area contributed by atoms with E-state index >= 15 is 0 Å². The first-order valence-electron chi connectivity index (χ1n) is 6.53. The van der Waals surface area contributed by atoms with Gasteiger partial charge >= 0.3 is 5.97 Å². The van der Waals surface area contributed by atoms with Crippen LogP contribution in [0.1, 0.15) is 29.6 Å². The standard InChI is InChI=1S/C14H17ClN2O3/c15-10-1-2-12(11(8-10)14(16)20)17-5-3-9(4-6-17)7-13(18)19/h1-2,8-9H,3-7H2,(H2,16,20)(H,18,19). The number of nitrogens with two attached hydrogens (primary N) is 1. The van der Waals surface area contributed by atoms with Crippen LogP contribution < -0.4 is 10.6 Å². The van der Waals surface area contributed by atoms with Crippen LogP contribution in [-0.2, 0) is 4.79 Å². The van der Waals surface area contributed by atoms with E-state index in [1.54, 1.807) is 18.2 Å². The Labute approximate surface area is 122 Å². The summed E-state index contributed by atoms with van der Waals surface area (Å²) < 4.78 is 0. The van der Waals surface area contributed by atoms with Crippen LogP contribution in [0.15, 0.2) is 18.2 Å². The van der Waals surface area contributed by atoms with Gasteiger partial charge in [-0.2, -0.15) is 0 Å². The molecule has 0 spiro atoms. The molecule has 6 heteroatoms. The Morgan fingerprint density at radius 2 is 2.00 bits per heavy atom. The van der Waals surface area contributed by atoms with Gasteiger partial charge in [0.25, 0.3) is 5.91 Å². The number of piperidine rings is 1. The van der Waals surface area contributed by atoms with Crippen molar-refractivity contribution in [1.29, 1.82) is 0 Å². The fourth-order valence-electron chi connectivity index (χ4n) is 2.61. The van der Waals surface area contributed by atoms with Crippen molar-refractivity contribution in [3.63, 3.8) is 0 Å². The molecule has 1 aliphatic rings. The number of nitrogens with zero attached hydrogens (tertiary/aromatic N) is 1. The van der Waals surface area contributed by atoms with Gasteiger partial charge in [0.05, 0.1) is 5.56 Å². The van der Waals surface area contributed by atoms with E-state index in [2.05, 4.69) is 4.90 Å². The molecule has 1 saturated heterocycles. The second-order valence-corrected chi connectivity index (χ2v) is 5.49. The number of halogens is 1. The molecule has 1 fully saturated rings. The third-order valence-electron chi connectivity index (χ3n) is 3.64. The Morgan fingerprint density at radius 1 is 1.35 bits per heavy atom. The molecule has 0 unspecified atom stereocenters. The summed E-state index contributed by atoms with van der Waals surface area (Å²) in [7, 11) is 0. The Morgan fingerprint density at radius 3 is 2.55 bits per heavy atom. The molecule has 0 bridgehead atoms. The van der Waals surface area contributed by atoms with Gasteiger partial charge in [-0.1, -0.05) is 11.6 Å². The third-order valence-corrected chi connectivity index (χ3v) is 3.88.